The Bertz CT molecular complexity index is 792. The maximum Gasteiger partial charge on any atom is 0.293 e. The maximum absolute atomic E-state index is 12.6. The van der Waals surface area contributed by atoms with E-state index in [1.807, 2.05) is 18.2 Å². The molecule has 1 N–H and O–H groups in total. The Hall–Kier alpha value is -2.56. The molecule has 5 nitrogen and oxygen atoms in total. The van der Waals surface area contributed by atoms with Crippen LogP contribution >= 0.6 is 0 Å². The summed E-state index contributed by atoms with van der Waals surface area (Å²) in [6.45, 7) is 0.633. The molecule has 0 unspecified atom stereocenters. The van der Waals surface area contributed by atoms with Crippen molar-refractivity contribution in [2.75, 3.05) is 16.8 Å². The summed E-state index contributed by atoms with van der Waals surface area (Å²) in [7, 11) is 0. The van der Waals surface area contributed by atoms with Crippen LogP contribution in [0, 0.1) is 5.92 Å². The van der Waals surface area contributed by atoms with Gasteiger partial charge < -0.3 is 14.6 Å². The van der Waals surface area contributed by atoms with Crippen molar-refractivity contribution in [2.45, 2.75) is 44.9 Å². The van der Waals surface area contributed by atoms with Crippen LogP contribution in [0.1, 0.15) is 54.6 Å². The summed E-state index contributed by atoms with van der Waals surface area (Å²) in [5, 5.41) is 3.01. The van der Waals surface area contributed by atoms with Gasteiger partial charge in [-0.3, -0.25) is 9.59 Å². The molecule has 2 aliphatic rings. The highest BCUT2D eigenvalue weighted by Gasteiger charge is 2.27. The zero-order valence-electron chi connectivity index (χ0n) is 14.9. The Kier molecular flexibility index (Phi) is 4.78. The van der Waals surface area contributed by atoms with E-state index in [9.17, 15) is 9.59 Å². The van der Waals surface area contributed by atoms with E-state index in [1.165, 1.54) is 25.5 Å². The fourth-order valence-electron chi connectivity index (χ4n) is 4.07. The zero-order valence-corrected chi connectivity index (χ0v) is 14.9. The first-order valence-corrected chi connectivity index (χ1v) is 9.49. The highest BCUT2D eigenvalue weighted by Crippen LogP contribution is 2.32. The van der Waals surface area contributed by atoms with E-state index in [1.54, 1.807) is 17.0 Å². The topological polar surface area (TPSA) is 62.6 Å². The molecule has 0 spiro atoms. The predicted octanol–water partition coefficient (Wildman–Crippen LogP) is 4.39. The number of benzene rings is 1. The van der Waals surface area contributed by atoms with Crippen LogP contribution < -0.4 is 10.2 Å². The third-order valence-electron chi connectivity index (χ3n) is 5.44. The summed E-state index contributed by atoms with van der Waals surface area (Å²) in [6.07, 6.45) is 8.99. The van der Waals surface area contributed by atoms with Gasteiger partial charge in [0.1, 0.15) is 0 Å². The average molecular weight is 352 g/mol. The van der Waals surface area contributed by atoms with Gasteiger partial charge in [-0.1, -0.05) is 25.3 Å². The van der Waals surface area contributed by atoms with Crippen LogP contribution in [-0.4, -0.2) is 18.4 Å². The van der Waals surface area contributed by atoms with Crippen molar-refractivity contribution in [2.24, 2.45) is 5.92 Å². The molecule has 1 aliphatic heterocycles. The Morgan fingerprint density at radius 1 is 1.15 bits per heavy atom. The molecule has 26 heavy (non-hydrogen) atoms. The van der Waals surface area contributed by atoms with Gasteiger partial charge in [0.15, 0.2) is 5.76 Å². The third kappa shape index (κ3) is 3.52. The molecule has 0 radical (unpaired) electrons. The van der Waals surface area contributed by atoms with Crippen LogP contribution in [0.2, 0.25) is 0 Å². The van der Waals surface area contributed by atoms with Gasteiger partial charge in [0.05, 0.1) is 6.26 Å². The lowest BCUT2D eigenvalue weighted by atomic mass is 9.87. The van der Waals surface area contributed by atoms with E-state index in [4.69, 9.17) is 4.42 Å². The molecule has 2 heterocycles. The lowest BCUT2D eigenvalue weighted by Gasteiger charge is -2.21. The van der Waals surface area contributed by atoms with Gasteiger partial charge in [-0.2, -0.15) is 0 Å². The second-order valence-electron chi connectivity index (χ2n) is 7.28. The number of hydrogen-bond donors (Lipinski definition) is 1. The summed E-state index contributed by atoms with van der Waals surface area (Å²) >= 11 is 0. The third-order valence-corrected chi connectivity index (χ3v) is 5.44. The first kappa shape index (κ1) is 16.9. The van der Waals surface area contributed by atoms with E-state index in [0.29, 0.717) is 24.6 Å². The van der Waals surface area contributed by atoms with Crippen LogP contribution in [-0.2, 0) is 11.2 Å². The number of furan rings is 1. The first-order chi connectivity index (χ1) is 12.7. The van der Waals surface area contributed by atoms with Crippen LogP contribution in [0.15, 0.2) is 41.0 Å². The summed E-state index contributed by atoms with van der Waals surface area (Å²) < 4.78 is 5.24. The molecular formula is C21H24N2O3. The number of amides is 2. The molecule has 1 aromatic heterocycles. The minimum Gasteiger partial charge on any atom is -0.459 e. The van der Waals surface area contributed by atoms with Crippen molar-refractivity contribution in [1.82, 2.24) is 0 Å². The standard InChI is InChI=1S/C21H24N2O3/c24-20(13-15-5-2-1-3-6-15)22-17-9-8-16-10-11-23(18(16)14-17)21(25)19-7-4-12-26-19/h4,7-9,12,14-15H,1-3,5-6,10-11,13H2,(H,22,24). The SMILES string of the molecule is O=C(CC1CCCCC1)Nc1ccc2c(c1)N(C(=O)c1ccco1)CC2. The van der Waals surface area contributed by atoms with Crippen molar-refractivity contribution in [3.8, 4) is 0 Å². The smallest absolute Gasteiger partial charge is 0.293 e. The van der Waals surface area contributed by atoms with Crippen LogP contribution in [0.25, 0.3) is 0 Å². The number of anilines is 2. The van der Waals surface area contributed by atoms with Crippen molar-refractivity contribution >= 4 is 23.2 Å². The number of hydrogen-bond acceptors (Lipinski definition) is 3. The van der Waals surface area contributed by atoms with Crippen molar-refractivity contribution in [1.29, 1.82) is 0 Å². The fraction of sp³-hybridized carbons (Fsp3) is 0.429. The molecular weight excluding hydrogens is 328 g/mol. The number of fused-ring (bicyclic) bond motifs is 1. The number of carbonyl (C=O) groups is 2. The van der Waals surface area contributed by atoms with E-state index < -0.39 is 0 Å². The molecule has 2 aromatic rings. The van der Waals surface area contributed by atoms with Gasteiger partial charge in [-0.15, -0.1) is 0 Å². The predicted molar refractivity (Wildman–Crippen MR) is 100 cm³/mol. The number of nitrogens with one attached hydrogen (secondary N) is 1. The van der Waals surface area contributed by atoms with E-state index in [0.717, 1.165) is 36.2 Å². The normalized spacial score (nSPS) is 17.2. The first-order valence-electron chi connectivity index (χ1n) is 9.49. The second-order valence-corrected chi connectivity index (χ2v) is 7.28. The van der Waals surface area contributed by atoms with Gasteiger partial charge in [0, 0.05) is 24.3 Å². The fourth-order valence-corrected chi connectivity index (χ4v) is 4.07. The van der Waals surface area contributed by atoms with Crippen molar-refractivity contribution in [3.05, 3.63) is 47.9 Å². The van der Waals surface area contributed by atoms with E-state index in [-0.39, 0.29) is 11.8 Å². The van der Waals surface area contributed by atoms with E-state index in [2.05, 4.69) is 5.32 Å². The molecule has 0 bridgehead atoms. The average Bonchev–Trinajstić information content (AvgIpc) is 3.32. The van der Waals surface area contributed by atoms with Gasteiger partial charge in [0.2, 0.25) is 5.91 Å². The highest BCUT2D eigenvalue weighted by atomic mass is 16.3. The Morgan fingerprint density at radius 3 is 2.77 bits per heavy atom. The summed E-state index contributed by atoms with van der Waals surface area (Å²) in [4.78, 5) is 26.7. The van der Waals surface area contributed by atoms with Crippen molar-refractivity contribution in [3.63, 3.8) is 0 Å². The van der Waals surface area contributed by atoms with Gasteiger partial charge in [0.25, 0.3) is 5.91 Å². The number of nitrogens with zero attached hydrogens (tertiary/aromatic N) is 1. The molecule has 5 heteroatoms. The maximum atomic E-state index is 12.6. The molecule has 1 fully saturated rings. The van der Waals surface area contributed by atoms with Gasteiger partial charge >= 0.3 is 0 Å². The summed E-state index contributed by atoms with van der Waals surface area (Å²) in [5.74, 6) is 0.776. The van der Waals surface area contributed by atoms with Gasteiger partial charge in [-0.05, 0) is 55.0 Å². The molecule has 4 rings (SSSR count). The Labute approximate surface area is 153 Å². The lowest BCUT2D eigenvalue weighted by molar-refractivity contribution is -0.117. The molecule has 2 amide bonds. The molecule has 1 aromatic carbocycles. The zero-order chi connectivity index (χ0) is 17.9. The number of carbonyl (C=O) groups excluding carboxylic acids is 2. The van der Waals surface area contributed by atoms with E-state index >= 15 is 0 Å². The minimum atomic E-state index is -0.139. The quantitative estimate of drug-likeness (QED) is 0.887. The van der Waals surface area contributed by atoms with Gasteiger partial charge in [-0.25, -0.2) is 0 Å². The second kappa shape index (κ2) is 7.36. The molecule has 1 saturated carbocycles. The monoisotopic (exact) mass is 352 g/mol. The lowest BCUT2D eigenvalue weighted by Crippen LogP contribution is -2.28. The van der Waals surface area contributed by atoms with Crippen LogP contribution in [0.5, 0.6) is 0 Å². The highest BCUT2D eigenvalue weighted by molar-refractivity contribution is 6.06. The largest absolute Gasteiger partial charge is 0.459 e. The van der Waals surface area contributed by atoms with Crippen molar-refractivity contribution < 1.29 is 14.0 Å². The molecule has 0 saturated heterocycles. The molecule has 0 atom stereocenters. The Morgan fingerprint density at radius 2 is 2.00 bits per heavy atom. The Balaban J connectivity index is 1.45. The molecule has 136 valence electrons. The number of rotatable bonds is 4. The summed E-state index contributed by atoms with van der Waals surface area (Å²) in [6, 6.07) is 9.23. The molecule has 1 aliphatic carbocycles. The summed E-state index contributed by atoms with van der Waals surface area (Å²) in [5.41, 5.74) is 2.74. The van der Waals surface area contributed by atoms with Crippen LogP contribution in [0.3, 0.4) is 0 Å². The minimum absolute atomic E-state index is 0.0683. The van der Waals surface area contributed by atoms with Crippen LogP contribution in [0.4, 0.5) is 11.4 Å².